The van der Waals surface area contributed by atoms with Crippen LogP contribution in [0.5, 0.6) is 0 Å². The van der Waals surface area contributed by atoms with Crippen molar-refractivity contribution in [1.29, 1.82) is 0 Å². The van der Waals surface area contributed by atoms with E-state index in [2.05, 4.69) is 40.5 Å². The van der Waals surface area contributed by atoms with E-state index < -0.39 is 0 Å². The molecule has 1 fully saturated rings. The number of fused-ring (bicyclic) bond motifs is 1. The zero-order valence-corrected chi connectivity index (χ0v) is 15.7. The molecule has 4 rings (SSSR count). The minimum Gasteiger partial charge on any atom is -0.348 e. The van der Waals surface area contributed by atoms with Gasteiger partial charge in [-0.15, -0.1) is 0 Å². The van der Waals surface area contributed by atoms with Gasteiger partial charge in [0.05, 0.1) is 17.9 Å². The van der Waals surface area contributed by atoms with Crippen molar-refractivity contribution in [3.05, 3.63) is 34.9 Å². The molecule has 0 bridgehead atoms. The van der Waals surface area contributed by atoms with Crippen LogP contribution in [0.2, 0.25) is 0 Å². The van der Waals surface area contributed by atoms with Gasteiger partial charge < -0.3 is 5.32 Å². The summed E-state index contributed by atoms with van der Waals surface area (Å²) in [7, 11) is 0. The van der Waals surface area contributed by atoms with Crippen molar-refractivity contribution in [3.8, 4) is 0 Å². The molecule has 0 atom stereocenters. The van der Waals surface area contributed by atoms with Gasteiger partial charge in [0, 0.05) is 44.0 Å². The van der Waals surface area contributed by atoms with Gasteiger partial charge in [0.2, 0.25) is 0 Å². The molecule has 0 aromatic carbocycles. The number of nitrogens with zero attached hydrogens (tertiary/aromatic N) is 5. The van der Waals surface area contributed by atoms with Gasteiger partial charge >= 0.3 is 0 Å². The van der Waals surface area contributed by atoms with Crippen molar-refractivity contribution in [3.63, 3.8) is 0 Å². The summed E-state index contributed by atoms with van der Waals surface area (Å²) >= 11 is 0. The van der Waals surface area contributed by atoms with Crippen molar-refractivity contribution in [2.24, 2.45) is 0 Å². The monoisotopic (exact) mass is 356 g/mol. The highest BCUT2D eigenvalue weighted by Gasteiger charge is 2.24. The number of aryl methyl sites for hydroxylation is 2. The Bertz CT molecular complexity index is 786. The van der Waals surface area contributed by atoms with Crippen molar-refractivity contribution in [2.45, 2.75) is 71.8 Å². The highest BCUT2D eigenvalue weighted by Crippen LogP contribution is 2.20. The molecule has 0 saturated heterocycles. The van der Waals surface area contributed by atoms with Crippen LogP contribution >= 0.6 is 0 Å². The van der Waals surface area contributed by atoms with Crippen LogP contribution in [0.4, 0.5) is 0 Å². The summed E-state index contributed by atoms with van der Waals surface area (Å²) in [6.07, 6.45) is 6.76. The molecule has 1 aliphatic carbocycles. The molecule has 7 heteroatoms. The molecule has 26 heavy (non-hydrogen) atoms. The first-order valence-electron chi connectivity index (χ1n) is 9.75. The zero-order chi connectivity index (χ0) is 18.1. The Labute approximate surface area is 154 Å². The fourth-order valence-corrected chi connectivity index (χ4v) is 4.01. The van der Waals surface area contributed by atoms with Crippen molar-refractivity contribution < 1.29 is 4.79 Å². The molecule has 1 N–H and O–H groups in total. The number of hydrogen-bond acceptors (Lipinski definition) is 4. The second-order valence-corrected chi connectivity index (χ2v) is 7.50. The molecule has 0 radical (unpaired) electrons. The van der Waals surface area contributed by atoms with Crippen molar-refractivity contribution in [1.82, 2.24) is 29.8 Å². The van der Waals surface area contributed by atoms with E-state index in [0.717, 1.165) is 57.0 Å². The van der Waals surface area contributed by atoms with Crippen LogP contribution in [0.15, 0.2) is 12.3 Å². The Morgan fingerprint density at radius 2 is 2.08 bits per heavy atom. The van der Waals surface area contributed by atoms with Gasteiger partial charge in [-0.25, -0.2) is 0 Å². The third kappa shape index (κ3) is 3.53. The van der Waals surface area contributed by atoms with Gasteiger partial charge in [0.1, 0.15) is 0 Å². The molecule has 0 spiro atoms. The largest absolute Gasteiger partial charge is 0.348 e. The van der Waals surface area contributed by atoms with E-state index >= 15 is 0 Å². The van der Waals surface area contributed by atoms with E-state index in [1.54, 1.807) is 0 Å². The molecule has 1 saturated carbocycles. The second-order valence-electron chi connectivity index (χ2n) is 7.50. The molecular formula is C19H28N6O. The van der Waals surface area contributed by atoms with E-state index in [1.807, 2.05) is 15.4 Å². The number of carbonyl (C=O) groups is 1. The maximum absolute atomic E-state index is 12.5. The smallest absolute Gasteiger partial charge is 0.272 e. The van der Waals surface area contributed by atoms with Crippen LogP contribution in [0.1, 0.15) is 60.0 Å². The van der Waals surface area contributed by atoms with Crippen LogP contribution in [-0.4, -0.2) is 43.0 Å². The van der Waals surface area contributed by atoms with E-state index in [1.165, 1.54) is 18.4 Å². The number of aromatic nitrogens is 4. The minimum atomic E-state index is -0.0228. The molecule has 2 aromatic rings. The molecule has 7 nitrogen and oxygen atoms in total. The number of nitrogens with one attached hydrogen (secondary N) is 1. The predicted molar refractivity (Wildman–Crippen MR) is 98.7 cm³/mol. The number of rotatable bonds is 5. The van der Waals surface area contributed by atoms with E-state index in [9.17, 15) is 4.79 Å². The lowest BCUT2D eigenvalue weighted by Crippen LogP contribution is -2.34. The Morgan fingerprint density at radius 3 is 2.81 bits per heavy atom. The summed E-state index contributed by atoms with van der Waals surface area (Å²) in [5.74, 6) is -0.0228. The first-order chi connectivity index (χ1) is 12.6. The number of amides is 1. The third-order valence-corrected chi connectivity index (χ3v) is 5.57. The zero-order valence-electron chi connectivity index (χ0n) is 15.7. The lowest BCUT2D eigenvalue weighted by Gasteiger charge is -2.27. The van der Waals surface area contributed by atoms with Gasteiger partial charge in [-0.2, -0.15) is 10.2 Å². The molecule has 1 aliphatic heterocycles. The van der Waals surface area contributed by atoms with Gasteiger partial charge in [-0.05, 0) is 32.8 Å². The van der Waals surface area contributed by atoms with E-state index in [0.29, 0.717) is 11.7 Å². The Balaban J connectivity index is 1.41. The summed E-state index contributed by atoms with van der Waals surface area (Å²) in [4.78, 5) is 14.9. The highest BCUT2D eigenvalue weighted by molar-refractivity contribution is 5.92. The molecule has 3 heterocycles. The topological polar surface area (TPSA) is 68.0 Å². The molecule has 140 valence electrons. The second kappa shape index (κ2) is 7.23. The highest BCUT2D eigenvalue weighted by atomic mass is 16.2. The molecular weight excluding hydrogens is 328 g/mol. The van der Waals surface area contributed by atoms with E-state index in [-0.39, 0.29) is 5.91 Å². The lowest BCUT2D eigenvalue weighted by atomic mass is 10.2. The maximum atomic E-state index is 12.5. The standard InChI is InChI=1S/C19H28N6O/c1-3-24-12-15(14(2)21-24)11-23-8-9-25-17(13-23)10-18(22-25)19(26)20-16-6-4-5-7-16/h10,12,16H,3-9,11,13H2,1-2H3,(H,20,26). The quantitative estimate of drug-likeness (QED) is 0.891. The number of carbonyl (C=O) groups excluding carboxylic acids is 1. The SMILES string of the molecule is CCn1cc(CN2CCn3nc(C(=O)NC4CCCC4)cc3C2)c(C)n1. The molecule has 0 unspecified atom stereocenters. The molecule has 1 amide bonds. The van der Waals surface area contributed by atoms with E-state index in [4.69, 9.17) is 0 Å². The summed E-state index contributed by atoms with van der Waals surface area (Å²) in [5, 5.41) is 12.2. The normalized spacial score (nSPS) is 18.2. The van der Waals surface area contributed by atoms with Crippen molar-refractivity contribution in [2.75, 3.05) is 6.54 Å². The fourth-order valence-electron chi connectivity index (χ4n) is 4.01. The first-order valence-corrected chi connectivity index (χ1v) is 9.75. The Morgan fingerprint density at radius 1 is 1.27 bits per heavy atom. The van der Waals surface area contributed by atoms with Crippen LogP contribution in [0, 0.1) is 6.92 Å². The first kappa shape index (κ1) is 17.3. The van der Waals surface area contributed by atoms with Gasteiger partial charge in [0.15, 0.2) is 5.69 Å². The average molecular weight is 356 g/mol. The fraction of sp³-hybridized carbons (Fsp3) is 0.632. The maximum Gasteiger partial charge on any atom is 0.272 e. The van der Waals surface area contributed by atoms with Crippen molar-refractivity contribution >= 4 is 5.91 Å². The predicted octanol–water partition coefficient (Wildman–Crippen LogP) is 2.10. The third-order valence-electron chi connectivity index (χ3n) is 5.57. The van der Waals surface area contributed by atoms with Gasteiger partial charge in [-0.3, -0.25) is 19.1 Å². The van der Waals surface area contributed by atoms with Gasteiger partial charge in [-0.1, -0.05) is 12.8 Å². The van der Waals surface area contributed by atoms with Crippen LogP contribution in [-0.2, 0) is 26.2 Å². The van der Waals surface area contributed by atoms with Gasteiger partial charge in [0.25, 0.3) is 5.91 Å². The van der Waals surface area contributed by atoms with Crippen LogP contribution < -0.4 is 5.32 Å². The molecule has 2 aliphatic rings. The molecule has 2 aromatic heterocycles. The Kier molecular flexibility index (Phi) is 4.80. The minimum absolute atomic E-state index is 0.0228. The average Bonchev–Trinajstić information content (AvgIpc) is 3.35. The summed E-state index contributed by atoms with van der Waals surface area (Å²) < 4.78 is 3.98. The summed E-state index contributed by atoms with van der Waals surface area (Å²) in [6.45, 7) is 8.55. The summed E-state index contributed by atoms with van der Waals surface area (Å²) in [6, 6.07) is 2.29. The number of hydrogen-bond donors (Lipinski definition) is 1. The summed E-state index contributed by atoms with van der Waals surface area (Å²) in [5.41, 5.74) is 4.05. The van der Waals surface area contributed by atoms with Crippen LogP contribution in [0.3, 0.4) is 0 Å². The lowest BCUT2D eigenvalue weighted by molar-refractivity contribution is 0.0931. The Hall–Kier alpha value is -2.15. The van der Waals surface area contributed by atoms with Crippen LogP contribution in [0.25, 0.3) is 0 Å².